The first-order chi connectivity index (χ1) is 15.0. The Hall–Kier alpha value is -0.876. The van der Waals surface area contributed by atoms with Crippen molar-refractivity contribution in [2.75, 3.05) is 39.3 Å². The molecule has 0 radical (unpaired) electrons. The minimum absolute atomic E-state index is 0. The molecule has 36 heavy (non-hydrogen) atoms. The SMILES string of the molecule is C1C[N-]CCCNCCCNC1.Cl.Cl.Cl.[CH3-].[CH3-].[Ti].[c-]1ccccc1.[c-]1ccccc1.[c-]1ccccc1. The standard InChI is InChI=1S/C9H20N3.3C6H5.2CH3.3ClH.Ti/c1-4-10-6-2-8-12-9-3-7-11-5-1;3*1-2-4-6-5-3-1;;;;;;/h10-11H,1-9H2;3*1-5H;2*1H3;3*1H;/q6*-1;;;;. The molecule has 3 nitrogen and oxygen atoms in total. The van der Waals surface area contributed by atoms with Crippen LogP contribution in [-0.2, 0) is 21.7 Å². The summed E-state index contributed by atoms with van der Waals surface area (Å²) in [7, 11) is 0. The van der Waals surface area contributed by atoms with E-state index in [-0.39, 0.29) is 73.8 Å². The Morgan fingerprint density at radius 2 is 0.722 bits per heavy atom. The van der Waals surface area contributed by atoms with Gasteiger partial charge in [0, 0.05) is 21.7 Å². The van der Waals surface area contributed by atoms with Gasteiger partial charge >= 0.3 is 0 Å². The van der Waals surface area contributed by atoms with Crippen LogP contribution in [0.15, 0.2) is 91.0 Å². The Morgan fingerprint density at radius 1 is 0.444 bits per heavy atom. The van der Waals surface area contributed by atoms with E-state index in [0.717, 1.165) is 39.3 Å². The molecular formula is C29H44Cl3N3Ti-6. The Balaban J connectivity index is -0.0000000825. The Morgan fingerprint density at radius 3 is 0.944 bits per heavy atom. The van der Waals surface area contributed by atoms with Gasteiger partial charge in [0.2, 0.25) is 0 Å². The third-order valence-electron chi connectivity index (χ3n) is 3.87. The fraction of sp³-hybridized carbons (Fsp3) is 0.310. The number of halogens is 3. The predicted molar refractivity (Wildman–Crippen MR) is 163 cm³/mol. The molecule has 0 unspecified atom stereocenters. The van der Waals surface area contributed by atoms with Crippen molar-refractivity contribution in [2.24, 2.45) is 0 Å². The summed E-state index contributed by atoms with van der Waals surface area (Å²) in [5.74, 6) is 0. The maximum Gasteiger partial charge on any atom is 0 e. The zero-order chi connectivity index (χ0) is 21.2. The molecular weight excluding hydrogens is 545 g/mol. The van der Waals surface area contributed by atoms with Gasteiger partial charge in [0.25, 0.3) is 0 Å². The van der Waals surface area contributed by atoms with Crippen LogP contribution in [0.2, 0.25) is 0 Å². The average Bonchev–Trinajstić information content (AvgIpc) is 2.84. The number of hydrogen-bond donors (Lipinski definition) is 2. The van der Waals surface area contributed by atoms with Gasteiger partial charge in [-0.1, -0.05) is 12.8 Å². The molecule has 0 amide bonds. The maximum absolute atomic E-state index is 4.42. The first-order valence-corrected chi connectivity index (χ1v) is 10.8. The number of rotatable bonds is 0. The molecule has 3 aromatic carbocycles. The van der Waals surface area contributed by atoms with Crippen molar-refractivity contribution in [2.45, 2.75) is 19.3 Å². The second-order valence-electron chi connectivity index (χ2n) is 6.46. The first-order valence-electron chi connectivity index (χ1n) is 10.8. The molecule has 4 rings (SSSR count). The molecule has 1 aliphatic heterocycles. The number of benzene rings is 3. The van der Waals surface area contributed by atoms with Gasteiger partial charge in [-0.15, -0.1) is 50.3 Å². The monoisotopic (exact) mass is 587 g/mol. The Bertz CT molecular complexity index is 456. The second kappa shape index (κ2) is 44.1. The average molecular weight is 589 g/mol. The van der Waals surface area contributed by atoms with Gasteiger partial charge in [0.05, 0.1) is 0 Å². The quantitative estimate of drug-likeness (QED) is 0.213. The molecule has 1 fully saturated rings. The van der Waals surface area contributed by atoms with Gasteiger partial charge in [-0.05, 0) is 32.6 Å². The van der Waals surface area contributed by atoms with Crippen molar-refractivity contribution in [3.8, 4) is 0 Å². The van der Waals surface area contributed by atoms with Crippen LogP contribution >= 0.6 is 37.2 Å². The number of nitrogens with one attached hydrogen (secondary N) is 2. The molecule has 7 heteroatoms. The van der Waals surface area contributed by atoms with Crippen LogP contribution in [0.4, 0.5) is 0 Å². The minimum atomic E-state index is 0. The van der Waals surface area contributed by atoms with E-state index in [1.54, 1.807) is 0 Å². The van der Waals surface area contributed by atoms with Gasteiger partial charge in [0.15, 0.2) is 0 Å². The maximum atomic E-state index is 4.42. The summed E-state index contributed by atoms with van der Waals surface area (Å²) < 4.78 is 0. The van der Waals surface area contributed by atoms with Crippen molar-refractivity contribution >= 4 is 37.2 Å². The summed E-state index contributed by atoms with van der Waals surface area (Å²) in [6.45, 7) is 6.62. The smallest absolute Gasteiger partial charge is 0 e. The molecule has 206 valence electrons. The van der Waals surface area contributed by atoms with Gasteiger partial charge in [-0.3, -0.25) is 0 Å². The fourth-order valence-electron chi connectivity index (χ4n) is 2.36. The molecule has 0 aromatic heterocycles. The Kier molecular flexibility index (Phi) is 59.1. The van der Waals surface area contributed by atoms with E-state index in [1.807, 2.05) is 91.0 Å². The van der Waals surface area contributed by atoms with E-state index in [2.05, 4.69) is 34.1 Å². The third kappa shape index (κ3) is 40.3. The largest absolute Gasteiger partial charge is 0.662 e. The Labute approximate surface area is 256 Å². The summed E-state index contributed by atoms with van der Waals surface area (Å²) in [6, 6.07) is 37.5. The fourth-order valence-corrected chi connectivity index (χ4v) is 2.36. The number of hydrogen-bond acceptors (Lipinski definition) is 2. The van der Waals surface area contributed by atoms with E-state index >= 15 is 0 Å². The zero-order valence-electron chi connectivity index (χ0n) is 21.7. The van der Waals surface area contributed by atoms with E-state index in [4.69, 9.17) is 0 Å². The minimum Gasteiger partial charge on any atom is -0.662 e. The van der Waals surface area contributed by atoms with E-state index in [1.165, 1.54) is 19.3 Å². The zero-order valence-corrected chi connectivity index (χ0v) is 25.7. The molecule has 0 bridgehead atoms. The first kappa shape index (κ1) is 48.2. The van der Waals surface area contributed by atoms with Crippen molar-refractivity contribution in [3.63, 3.8) is 0 Å². The van der Waals surface area contributed by atoms with Crippen LogP contribution < -0.4 is 10.6 Å². The third-order valence-corrected chi connectivity index (χ3v) is 3.87. The van der Waals surface area contributed by atoms with Crippen LogP contribution in [0.25, 0.3) is 5.32 Å². The molecule has 0 saturated carbocycles. The summed E-state index contributed by atoms with van der Waals surface area (Å²) in [6.07, 6.45) is 3.65. The summed E-state index contributed by atoms with van der Waals surface area (Å²) in [4.78, 5) is 0. The topological polar surface area (TPSA) is 38.2 Å². The van der Waals surface area contributed by atoms with E-state index in [9.17, 15) is 0 Å². The van der Waals surface area contributed by atoms with Crippen LogP contribution in [0, 0.1) is 33.1 Å². The van der Waals surface area contributed by atoms with Crippen molar-refractivity contribution in [1.29, 1.82) is 0 Å². The van der Waals surface area contributed by atoms with Crippen LogP contribution in [-0.4, -0.2) is 39.3 Å². The number of nitrogens with zero attached hydrogens (tertiary/aromatic N) is 1. The summed E-state index contributed by atoms with van der Waals surface area (Å²) >= 11 is 0. The van der Waals surface area contributed by atoms with Gasteiger partial charge in [-0.2, -0.15) is 109 Å². The van der Waals surface area contributed by atoms with Gasteiger partial charge in [-0.25, -0.2) is 0 Å². The normalized spacial score (nSPS) is 12.0. The van der Waals surface area contributed by atoms with Crippen LogP contribution in [0.1, 0.15) is 19.3 Å². The van der Waals surface area contributed by atoms with Crippen LogP contribution in [0.5, 0.6) is 0 Å². The van der Waals surface area contributed by atoms with E-state index < -0.39 is 0 Å². The summed E-state index contributed by atoms with van der Waals surface area (Å²) in [5.41, 5.74) is 0. The second-order valence-corrected chi connectivity index (χ2v) is 6.46. The van der Waals surface area contributed by atoms with Gasteiger partial charge in [0.1, 0.15) is 0 Å². The molecule has 0 aliphatic carbocycles. The van der Waals surface area contributed by atoms with Gasteiger partial charge < -0.3 is 30.8 Å². The van der Waals surface area contributed by atoms with Crippen molar-refractivity contribution in [3.05, 3.63) is 129 Å². The predicted octanol–water partition coefficient (Wildman–Crippen LogP) is 7.35. The molecule has 0 atom stereocenters. The van der Waals surface area contributed by atoms with Crippen LogP contribution in [0.3, 0.4) is 0 Å². The van der Waals surface area contributed by atoms with Crippen molar-refractivity contribution in [1.82, 2.24) is 10.6 Å². The molecule has 1 heterocycles. The summed E-state index contributed by atoms with van der Waals surface area (Å²) in [5, 5.41) is 11.2. The van der Waals surface area contributed by atoms with Crippen molar-refractivity contribution < 1.29 is 21.7 Å². The van der Waals surface area contributed by atoms with E-state index in [0.29, 0.717) is 0 Å². The molecule has 2 N–H and O–H groups in total. The molecule has 3 aromatic rings. The molecule has 0 spiro atoms. The molecule has 1 saturated heterocycles. The molecule has 1 aliphatic rings.